The molecule has 2 N–H and O–H groups in total. The van der Waals surface area contributed by atoms with Gasteiger partial charge >= 0.3 is 0 Å². The average Bonchev–Trinajstić information content (AvgIpc) is 2.62. The Morgan fingerprint density at radius 3 is 2.77 bits per heavy atom. The van der Waals surface area contributed by atoms with Crippen LogP contribution in [0.15, 0.2) is 29.3 Å². The Balaban J connectivity index is 1.81. The van der Waals surface area contributed by atoms with Crippen LogP contribution in [0.3, 0.4) is 0 Å². The number of rotatable bonds is 8. The van der Waals surface area contributed by atoms with Gasteiger partial charge < -0.3 is 10.6 Å². The Bertz CT molecular complexity index is 692. The average molecular weight is 403 g/mol. The molecule has 0 saturated carbocycles. The van der Waals surface area contributed by atoms with Gasteiger partial charge in [0.05, 0.1) is 12.3 Å². The van der Waals surface area contributed by atoms with Crippen molar-refractivity contribution in [1.82, 2.24) is 14.9 Å². The lowest BCUT2D eigenvalue weighted by atomic mass is 10.1. The molecule has 0 aliphatic carbocycles. The minimum absolute atomic E-state index is 0.0120. The molecule has 0 bridgehead atoms. The number of halogens is 1. The third kappa shape index (κ3) is 7.13. The third-order valence-corrected chi connectivity index (χ3v) is 6.71. The summed E-state index contributed by atoms with van der Waals surface area (Å²) in [6.07, 6.45) is 0.659. The zero-order valence-electron chi connectivity index (χ0n) is 15.1. The SMILES string of the molecule is CCNC(=NCCS(=O)(=O)N1CCSCC1)NCCc1cccc(F)c1. The molecule has 1 aromatic carbocycles. The number of hydrogen-bond acceptors (Lipinski definition) is 4. The van der Waals surface area contributed by atoms with Crippen molar-refractivity contribution >= 4 is 27.7 Å². The quantitative estimate of drug-likeness (QED) is 0.507. The zero-order valence-corrected chi connectivity index (χ0v) is 16.7. The van der Waals surface area contributed by atoms with E-state index in [4.69, 9.17) is 0 Å². The topological polar surface area (TPSA) is 73.8 Å². The molecule has 1 fully saturated rings. The maximum absolute atomic E-state index is 13.2. The van der Waals surface area contributed by atoms with Gasteiger partial charge in [-0.15, -0.1) is 0 Å². The Morgan fingerprint density at radius 1 is 1.31 bits per heavy atom. The molecule has 6 nitrogen and oxygen atoms in total. The van der Waals surface area contributed by atoms with Gasteiger partial charge in [0.25, 0.3) is 0 Å². The summed E-state index contributed by atoms with van der Waals surface area (Å²) in [4.78, 5) is 4.35. The number of hydrogen-bond donors (Lipinski definition) is 2. The molecule has 0 aromatic heterocycles. The molecule has 0 radical (unpaired) electrons. The van der Waals surface area contributed by atoms with E-state index in [1.165, 1.54) is 12.1 Å². The number of sulfonamides is 1. The van der Waals surface area contributed by atoms with Crippen molar-refractivity contribution in [2.75, 3.05) is 50.0 Å². The Hall–Kier alpha value is -1.32. The van der Waals surface area contributed by atoms with E-state index in [-0.39, 0.29) is 18.1 Å². The van der Waals surface area contributed by atoms with Gasteiger partial charge in [-0.1, -0.05) is 12.1 Å². The highest BCUT2D eigenvalue weighted by atomic mass is 32.2. The van der Waals surface area contributed by atoms with E-state index >= 15 is 0 Å². The molecule has 2 rings (SSSR count). The molecule has 9 heteroatoms. The fourth-order valence-electron chi connectivity index (χ4n) is 2.59. The minimum atomic E-state index is -3.25. The van der Waals surface area contributed by atoms with Crippen molar-refractivity contribution in [2.45, 2.75) is 13.3 Å². The monoisotopic (exact) mass is 402 g/mol. The standard InChI is InChI=1S/C17H27FN4O2S2/c1-2-19-17(20-7-6-15-4-3-5-16(18)14-15)21-8-13-26(23,24)22-9-11-25-12-10-22/h3-5,14H,2,6-13H2,1H3,(H2,19,20,21). The number of guanidine groups is 1. The molecular weight excluding hydrogens is 375 g/mol. The number of benzene rings is 1. The summed E-state index contributed by atoms with van der Waals surface area (Å²) in [5.41, 5.74) is 0.902. The molecule has 1 aromatic rings. The van der Waals surface area contributed by atoms with Crippen LogP contribution < -0.4 is 10.6 Å². The first-order chi connectivity index (χ1) is 12.5. The summed E-state index contributed by atoms with van der Waals surface area (Å²) in [6, 6.07) is 6.49. The van der Waals surface area contributed by atoms with Gasteiger partial charge in [-0.2, -0.15) is 11.8 Å². The summed E-state index contributed by atoms with van der Waals surface area (Å²) in [5, 5.41) is 6.26. The van der Waals surface area contributed by atoms with Crippen LogP contribution in [-0.2, 0) is 16.4 Å². The van der Waals surface area contributed by atoms with Gasteiger partial charge in [0.2, 0.25) is 10.0 Å². The van der Waals surface area contributed by atoms with Crippen LogP contribution in [0.1, 0.15) is 12.5 Å². The van der Waals surface area contributed by atoms with Crippen molar-refractivity contribution in [3.8, 4) is 0 Å². The fourth-order valence-corrected chi connectivity index (χ4v) is 5.04. The van der Waals surface area contributed by atoms with Crippen molar-refractivity contribution in [3.05, 3.63) is 35.6 Å². The van der Waals surface area contributed by atoms with Crippen LogP contribution in [0.25, 0.3) is 0 Å². The maximum atomic E-state index is 13.2. The van der Waals surface area contributed by atoms with E-state index in [0.717, 1.165) is 17.1 Å². The summed E-state index contributed by atoms with van der Waals surface area (Å²) in [7, 11) is -3.25. The van der Waals surface area contributed by atoms with Crippen molar-refractivity contribution in [1.29, 1.82) is 0 Å². The first-order valence-corrected chi connectivity index (χ1v) is 11.6. The lowest BCUT2D eigenvalue weighted by Gasteiger charge is -2.25. The van der Waals surface area contributed by atoms with Crippen LogP contribution in [0.4, 0.5) is 4.39 Å². The normalized spacial score (nSPS) is 16.5. The van der Waals surface area contributed by atoms with Crippen molar-refractivity contribution in [2.24, 2.45) is 4.99 Å². The molecule has 0 unspecified atom stereocenters. The van der Waals surface area contributed by atoms with E-state index in [1.54, 1.807) is 22.1 Å². The van der Waals surface area contributed by atoms with Gasteiger partial charge in [0.1, 0.15) is 5.82 Å². The van der Waals surface area contributed by atoms with E-state index < -0.39 is 10.0 Å². The van der Waals surface area contributed by atoms with Gasteiger partial charge in [0, 0.05) is 37.7 Å². The van der Waals surface area contributed by atoms with Crippen LogP contribution in [-0.4, -0.2) is 68.7 Å². The molecule has 1 heterocycles. The highest BCUT2D eigenvalue weighted by Gasteiger charge is 2.23. The molecule has 0 atom stereocenters. The first kappa shape index (κ1) is 21.0. The van der Waals surface area contributed by atoms with Gasteiger partial charge in [-0.05, 0) is 31.0 Å². The zero-order chi connectivity index (χ0) is 18.8. The number of nitrogens with one attached hydrogen (secondary N) is 2. The summed E-state index contributed by atoms with van der Waals surface area (Å²) >= 11 is 1.78. The highest BCUT2D eigenvalue weighted by molar-refractivity contribution is 7.99. The molecule has 26 heavy (non-hydrogen) atoms. The third-order valence-electron chi connectivity index (χ3n) is 3.92. The van der Waals surface area contributed by atoms with Crippen molar-refractivity contribution < 1.29 is 12.8 Å². The second kappa shape index (κ2) is 10.7. The van der Waals surface area contributed by atoms with Gasteiger partial charge in [-0.25, -0.2) is 17.1 Å². The predicted molar refractivity (Wildman–Crippen MR) is 107 cm³/mol. The maximum Gasteiger partial charge on any atom is 0.215 e. The largest absolute Gasteiger partial charge is 0.357 e. The van der Waals surface area contributed by atoms with E-state index in [9.17, 15) is 12.8 Å². The minimum Gasteiger partial charge on any atom is -0.357 e. The summed E-state index contributed by atoms with van der Waals surface area (Å²) in [5.74, 6) is 2.05. The van der Waals surface area contributed by atoms with E-state index in [1.807, 2.05) is 13.0 Å². The lowest BCUT2D eigenvalue weighted by molar-refractivity contribution is 0.444. The van der Waals surface area contributed by atoms with Gasteiger partial charge in [0.15, 0.2) is 5.96 Å². The number of thioether (sulfide) groups is 1. The second-order valence-electron chi connectivity index (χ2n) is 5.89. The van der Waals surface area contributed by atoms with Crippen LogP contribution in [0.2, 0.25) is 0 Å². The van der Waals surface area contributed by atoms with Crippen LogP contribution in [0.5, 0.6) is 0 Å². The van der Waals surface area contributed by atoms with Crippen molar-refractivity contribution in [3.63, 3.8) is 0 Å². The van der Waals surface area contributed by atoms with Crippen LogP contribution in [0, 0.1) is 5.82 Å². The molecular formula is C17H27FN4O2S2. The van der Waals surface area contributed by atoms with Crippen LogP contribution >= 0.6 is 11.8 Å². The Labute approximate surface area is 159 Å². The molecule has 1 saturated heterocycles. The Morgan fingerprint density at radius 2 is 2.08 bits per heavy atom. The molecule has 0 spiro atoms. The highest BCUT2D eigenvalue weighted by Crippen LogP contribution is 2.13. The molecule has 1 aliphatic heterocycles. The Kier molecular flexibility index (Phi) is 8.67. The number of nitrogens with zero attached hydrogens (tertiary/aromatic N) is 2. The lowest BCUT2D eigenvalue weighted by Crippen LogP contribution is -2.41. The predicted octanol–water partition coefficient (Wildman–Crippen LogP) is 1.30. The summed E-state index contributed by atoms with van der Waals surface area (Å²) < 4.78 is 39.4. The first-order valence-electron chi connectivity index (χ1n) is 8.83. The molecule has 0 amide bonds. The fraction of sp³-hybridized carbons (Fsp3) is 0.588. The molecule has 1 aliphatic rings. The van der Waals surface area contributed by atoms with E-state index in [0.29, 0.717) is 38.6 Å². The van der Waals surface area contributed by atoms with Gasteiger partial charge in [-0.3, -0.25) is 4.99 Å². The molecule has 146 valence electrons. The van der Waals surface area contributed by atoms with E-state index in [2.05, 4.69) is 15.6 Å². The summed E-state index contributed by atoms with van der Waals surface area (Å²) in [6.45, 7) is 4.60. The second-order valence-corrected chi connectivity index (χ2v) is 9.21. The number of aliphatic imine (C=N–C) groups is 1. The smallest absolute Gasteiger partial charge is 0.215 e.